The second-order valence-corrected chi connectivity index (χ2v) is 11.4. The topological polar surface area (TPSA) is 114 Å². The fourth-order valence-corrected chi connectivity index (χ4v) is 5.98. The van der Waals surface area contributed by atoms with E-state index in [1.807, 2.05) is 4.90 Å². The smallest absolute Gasteiger partial charge is 0.338 e. The minimum atomic E-state index is -3.06. The number of carbonyl (C=O) groups is 1. The lowest BCUT2D eigenvalue weighted by atomic mass is 9.95. The number of aromatic nitrogens is 2. The van der Waals surface area contributed by atoms with Gasteiger partial charge in [0.1, 0.15) is 17.4 Å². The highest BCUT2D eigenvalue weighted by Gasteiger charge is 2.35. The van der Waals surface area contributed by atoms with Gasteiger partial charge in [-0.05, 0) is 24.6 Å². The van der Waals surface area contributed by atoms with E-state index in [0.29, 0.717) is 39.7 Å². The second-order valence-electron chi connectivity index (χ2n) is 7.46. The Labute approximate surface area is 202 Å². The van der Waals surface area contributed by atoms with Crippen LogP contribution in [-0.2, 0) is 19.4 Å². The third kappa shape index (κ3) is 5.48. The molecule has 1 aromatic carbocycles. The zero-order valence-electron chi connectivity index (χ0n) is 17.6. The van der Waals surface area contributed by atoms with Crippen LogP contribution < -0.4 is 5.32 Å². The molecule has 1 atom stereocenters. The summed E-state index contributed by atoms with van der Waals surface area (Å²) in [4.78, 5) is 19.8. The molecule has 1 unspecified atom stereocenters. The van der Waals surface area contributed by atoms with Gasteiger partial charge < -0.3 is 10.1 Å². The fourth-order valence-electron chi connectivity index (χ4n) is 3.63. The molecule has 1 N–H and O–H groups in total. The molecular weight excluding hydrogens is 537 g/mol. The number of ether oxygens (including phenoxy) is 1. The maximum absolute atomic E-state index is 13.8. The number of hydrogen-bond donors (Lipinski definition) is 1. The summed E-state index contributed by atoms with van der Waals surface area (Å²) in [6.07, 6.45) is 0. The number of sulfone groups is 1. The number of halogens is 2. The van der Waals surface area contributed by atoms with Crippen LogP contribution in [0.1, 0.15) is 23.5 Å². The van der Waals surface area contributed by atoms with Crippen LogP contribution in [-0.4, -0.2) is 73.1 Å². The highest BCUT2D eigenvalue weighted by Crippen LogP contribution is 2.37. The Morgan fingerprint density at radius 3 is 2.76 bits per heavy atom. The lowest BCUT2D eigenvalue weighted by Crippen LogP contribution is -2.45. The summed E-state index contributed by atoms with van der Waals surface area (Å²) in [7, 11) is -3.06. The molecule has 0 amide bonds. The Morgan fingerprint density at radius 2 is 2.12 bits per heavy atom. The monoisotopic (exact) mass is 557 g/mol. The zero-order valence-corrected chi connectivity index (χ0v) is 20.8. The number of amidine groups is 1. The molecule has 2 aromatic rings. The molecule has 2 aliphatic rings. The summed E-state index contributed by atoms with van der Waals surface area (Å²) >= 11 is 4.67. The van der Waals surface area contributed by atoms with Crippen molar-refractivity contribution in [1.82, 2.24) is 20.4 Å². The molecule has 3 heterocycles. The van der Waals surface area contributed by atoms with Crippen LogP contribution >= 0.6 is 27.3 Å². The number of hydrogen-bond acceptors (Lipinski definition) is 10. The van der Waals surface area contributed by atoms with Crippen LogP contribution in [0.4, 0.5) is 4.39 Å². The van der Waals surface area contributed by atoms with Gasteiger partial charge in [0.2, 0.25) is 0 Å². The van der Waals surface area contributed by atoms with Crippen LogP contribution in [0, 0.1) is 5.82 Å². The largest absolute Gasteiger partial charge is 0.463 e. The summed E-state index contributed by atoms with van der Waals surface area (Å²) in [6.45, 7) is 2.86. The van der Waals surface area contributed by atoms with Gasteiger partial charge in [-0.3, -0.25) is 9.89 Å². The lowest BCUT2D eigenvalue weighted by molar-refractivity contribution is -0.139. The third-order valence-electron chi connectivity index (χ3n) is 5.26. The number of esters is 1. The van der Waals surface area contributed by atoms with Gasteiger partial charge in [0.05, 0.1) is 23.7 Å². The van der Waals surface area contributed by atoms with E-state index >= 15 is 0 Å². The Kier molecular flexibility index (Phi) is 7.22. The molecule has 0 bridgehead atoms. The van der Waals surface area contributed by atoms with E-state index in [9.17, 15) is 17.6 Å². The minimum absolute atomic E-state index is 0.0549. The minimum Gasteiger partial charge on any atom is -0.463 e. The molecule has 1 fully saturated rings. The summed E-state index contributed by atoms with van der Waals surface area (Å²) in [6, 6.07) is 3.40. The molecule has 13 heteroatoms. The number of nitrogens with zero attached hydrogens (tertiary/aromatic N) is 4. The van der Waals surface area contributed by atoms with Gasteiger partial charge >= 0.3 is 5.97 Å². The predicted molar refractivity (Wildman–Crippen MR) is 125 cm³/mol. The summed E-state index contributed by atoms with van der Waals surface area (Å²) < 4.78 is 43.3. The lowest BCUT2D eigenvalue weighted by Gasteiger charge is -2.32. The van der Waals surface area contributed by atoms with Crippen LogP contribution in [0.5, 0.6) is 0 Å². The molecule has 4 rings (SSSR count). The van der Waals surface area contributed by atoms with Crippen molar-refractivity contribution in [3.8, 4) is 0 Å². The Balaban J connectivity index is 1.79. The first-order valence-electron chi connectivity index (χ1n) is 10.2. The Morgan fingerprint density at radius 1 is 1.36 bits per heavy atom. The summed E-state index contributed by atoms with van der Waals surface area (Å²) in [5.41, 5.74) is 2.98. The SMILES string of the molecule is CCOC(=O)C1=C(CN2CCS(=O)(=O)CC2)NC(c2nncs2)=NC1c1ccc(F)cc1Br. The van der Waals surface area contributed by atoms with Crippen molar-refractivity contribution in [1.29, 1.82) is 0 Å². The highest BCUT2D eigenvalue weighted by molar-refractivity contribution is 9.10. The molecule has 0 spiro atoms. The quantitative estimate of drug-likeness (QED) is 0.537. The molecule has 2 aliphatic heterocycles. The second kappa shape index (κ2) is 9.95. The molecule has 1 aromatic heterocycles. The number of carbonyl (C=O) groups excluding carboxylic acids is 1. The average Bonchev–Trinajstić information content (AvgIpc) is 3.30. The van der Waals surface area contributed by atoms with E-state index in [1.54, 1.807) is 18.5 Å². The average molecular weight is 558 g/mol. The van der Waals surface area contributed by atoms with Gasteiger partial charge in [0.25, 0.3) is 0 Å². The number of nitrogens with one attached hydrogen (secondary N) is 1. The third-order valence-corrected chi connectivity index (χ3v) is 8.25. The van der Waals surface area contributed by atoms with E-state index in [4.69, 9.17) is 9.73 Å². The van der Waals surface area contributed by atoms with E-state index in [2.05, 4.69) is 31.4 Å². The Bertz CT molecular complexity index is 1200. The van der Waals surface area contributed by atoms with Crippen molar-refractivity contribution in [3.05, 3.63) is 55.8 Å². The van der Waals surface area contributed by atoms with Crippen molar-refractivity contribution < 1.29 is 22.3 Å². The molecule has 0 aliphatic carbocycles. The van der Waals surface area contributed by atoms with Crippen molar-refractivity contribution in [2.75, 3.05) is 37.7 Å². The van der Waals surface area contributed by atoms with Crippen LogP contribution in [0.15, 0.2) is 44.4 Å². The van der Waals surface area contributed by atoms with Crippen molar-refractivity contribution in [2.45, 2.75) is 13.0 Å². The predicted octanol–water partition coefficient (Wildman–Crippen LogP) is 2.08. The first-order chi connectivity index (χ1) is 15.8. The number of rotatable bonds is 6. The molecule has 9 nitrogen and oxygen atoms in total. The summed E-state index contributed by atoms with van der Waals surface area (Å²) in [5, 5.41) is 11.7. The van der Waals surface area contributed by atoms with E-state index < -0.39 is 27.7 Å². The van der Waals surface area contributed by atoms with Crippen LogP contribution in [0.25, 0.3) is 0 Å². The van der Waals surface area contributed by atoms with Crippen molar-refractivity contribution >= 4 is 48.9 Å². The zero-order chi connectivity index (χ0) is 23.6. The molecule has 1 saturated heterocycles. The van der Waals surface area contributed by atoms with Gasteiger partial charge in [0, 0.05) is 29.8 Å². The first-order valence-corrected chi connectivity index (χ1v) is 13.7. The fraction of sp³-hybridized carbons (Fsp3) is 0.400. The van der Waals surface area contributed by atoms with Crippen LogP contribution in [0.2, 0.25) is 0 Å². The van der Waals surface area contributed by atoms with Crippen LogP contribution in [0.3, 0.4) is 0 Å². The van der Waals surface area contributed by atoms with Crippen molar-refractivity contribution in [2.24, 2.45) is 4.99 Å². The maximum atomic E-state index is 13.8. The highest BCUT2D eigenvalue weighted by atomic mass is 79.9. The normalized spacial score (nSPS) is 20.8. The summed E-state index contributed by atoms with van der Waals surface area (Å²) in [5.74, 6) is -0.444. The molecule has 176 valence electrons. The van der Waals surface area contributed by atoms with Gasteiger partial charge in [-0.25, -0.2) is 17.6 Å². The molecular formula is C20H21BrFN5O4S2. The van der Waals surface area contributed by atoms with E-state index in [1.165, 1.54) is 23.5 Å². The number of aliphatic imine (C=N–C) groups is 1. The van der Waals surface area contributed by atoms with Gasteiger partial charge in [-0.2, -0.15) is 0 Å². The van der Waals surface area contributed by atoms with Gasteiger partial charge in [-0.1, -0.05) is 33.3 Å². The first kappa shape index (κ1) is 23.9. The molecule has 0 saturated carbocycles. The van der Waals surface area contributed by atoms with Crippen molar-refractivity contribution in [3.63, 3.8) is 0 Å². The Hall–Kier alpha value is -2.22. The van der Waals surface area contributed by atoms with Gasteiger partial charge in [-0.15, -0.1) is 10.2 Å². The van der Waals surface area contributed by atoms with E-state index in [0.717, 1.165) is 0 Å². The standard InChI is InChI=1S/C20H21BrFN5O4S2/c1-2-31-20(28)16-15(10-27-5-7-33(29,30)8-6-27)24-18(19-26-23-11-32-19)25-17(16)13-4-3-12(22)9-14(13)21/h3-4,9,11,17H,2,5-8,10H2,1H3,(H,24,25). The number of benzene rings is 1. The van der Waals surface area contributed by atoms with E-state index in [-0.39, 0.29) is 30.2 Å². The molecule has 0 radical (unpaired) electrons. The maximum Gasteiger partial charge on any atom is 0.338 e. The van der Waals surface area contributed by atoms with Gasteiger partial charge in [0.15, 0.2) is 20.7 Å². The molecule has 33 heavy (non-hydrogen) atoms.